The fourth-order valence-corrected chi connectivity index (χ4v) is 4.22. The highest BCUT2D eigenvalue weighted by atomic mass is 32.1. The Morgan fingerprint density at radius 3 is 2.51 bits per heavy atom. The Kier molecular flexibility index (Phi) is 11.3. The number of aliphatic hydroxyl groups is 1. The Balaban J connectivity index is 0.00000235. The molecule has 0 saturated heterocycles. The average Bonchev–Trinajstić information content (AvgIpc) is 3.26. The van der Waals surface area contributed by atoms with Crippen LogP contribution in [0.1, 0.15) is 71.7 Å². The first kappa shape index (κ1) is 30.0. The van der Waals surface area contributed by atoms with Crippen LogP contribution in [0.2, 0.25) is 0 Å². The van der Waals surface area contributed by atoms with Gasteiger partial charge in [0.05, 0.1) is 39.0 Å². The van der Waals surface area contributed by atoms with E-state index >= 15 is 0 Å². The van der Waals surface area contributed by atoms with Crippen molar-refractivity contribution in [3.8, 4) is 0 Å². The highest BCUT2D eigenvalue weighted by Gasteiger charge is 2.19. The first-order valence-corrected chi connectivity index (χ1v) is 13.5. The summed E-state index contributed by atoms with van der Waals surface area (Å²) in [6.45, 7) is 13.4. The maximum atomic E-state index is 12.9. The summed E-state index contributed by atoms with van der Waals surface area (Å²) in [7, 11) is 0. The van der Waals surface area contributed by atoms with Gasteiger partial charge in [-0.25, -0.2) is 9.97 Å². The number of carbonyl (C=O) groups excluding carboxylic acids is 2. The number of nitrogens with one attached hydrogen (secondary N) is 4. The maximum absolute atomic E-state index is 12.9. The van der Waals surface area contributed by atoms with Gasteiger partial charge in [-0.1, -0.05) is 13.8 Å². The van der Waals surface area contributed by atoms with Crippen molar-refractivity contribution < 1.29 is 14.7 Å². The average molecular weight is 529 g/mol. The number of hydrogen-bond donors (Lipinski definition) is 5. The molecular formula is C27H40N6O3S. The van der Waals surface area contributed by atoms with Crippen LogP contribution >= 0.6 is 11.3 Å². The molecule has 10 heteroatoms. The number of pyridine rings is 1. The van der Waals surface area contributed by atoms with E-state index in [1.165, 1.54) is 0 Å². The fraction of sp³-hybridized carbons (Fsp3) is 0.481. The molecule has 0 aliphatic carbocycles. The minimum Gasteiger partial charge on any atom is -0.390 e. The molecule has 1 atom stereocenters. The molecular weight excluding hydrogens is 488 g/mol. The molecule has 3 rings (SSSR count). The fourth-order valence-electron chi connectivity index (χ4n) is 3.50. The first-order valence-electron chi connectivity index (χ1n) is 12.7. The Bertz CT molecular complexity index is 1170. The van der Waals surface area contributed by atoms with Crippen molar-refractivity contribution in [3.63, 3.8) is 0 Å². The summed E-state index contributed by atoms with van der Waals surface area (Å²) in [6, 6.07) is 7.73. The van der Waals surface area contributed by atoms with Gasteiger partial charge in [0.15, 0.2) is 0 Å². The molecule has 9 nitrogen and oxygen atoms in total. The summed E-state index contributed by atoms with van der Waals surface area (Å²) >= 11 is 1.57. The van der Waals surface area contributed by atoms with E-state index in [2.05, 4.69) is 31.2 Å². The molecule has 0 saturated carbocycles. The molecule has 1 aromatic carbocycles. The zero-order valence-electron chi connectivity index (χ0n) is 22.8. The zero-order chi connectivity index (χ0) is 27.6. The molecule has 1 unspecified atom stereocenters. The maximum Gasteiger partial charge on any atom is 0.254 e. The lowest BCUT2D eigenvalue weighted by Crippen LogP contribution is -2.39. The first-order chi connectivity index (χ1) is 17.5. The number of aromatic nitrogens is 2. The number of benzene rings is 1. The van der Waals surface area contributed by atoms with Gasteiger partial charge in [0.2, 0.25) is 5.91 Å². The minimum atomic E-state index is -1.06. The van der Waals surface area contributed by atoms with Crippen LogP contribution in [0, 0.1) is 0 Å². The van der Waals surface area contributed by atoms with Crippen molar-refractivity contribution >= 4 is 50.6 Å². The van der Waals surface area contributed by atoms with Crippen molar-refractivity contribution in [1.29, 1.82) is 0 Å². The second-order valence-electron chi connectivity index (χ2n) is 9.58. The van der Waals surface area contributed by atoms with E-state index in [4.69, 9.17) is 0 Å². The van der Waals surface area contributed by atoms with Gasteiger partial charge in [0, 0.05) is 36.6 Å². The van der Waals surface area contributed by atoms with E-state index in [1.54, 1.807) is 31.4 Å². The van der Waals surface area contributed by atoms with Gasteiger partial charge in [-0.2, -0.15) is 0 Å². The number of nitrogens with zero attached hydrogens (tertiary/aromatic N) is 2. The third-order valence-corrected chi connectivity index (χ3v) is 5.85. The lowest BCUT2D eigenvalue weighted by molar-refractivity contribution is -0.125. The van der Waals surface area contributed by atoms with Gasteiger partial charge in [-0.15, -0.1) is 11.3 Å². The van der Waals surface area contributed by atoms with Gasteiger partial charge < -0.3 is 26.4 Å². The second-order valence-corrected chi connectivity index (χ2v) is 10.5. The largest absolute Gasteiger partial charge is 0.390 e. The van der Waals surface area contributed by atoms with Crippen LogP contribution in [0.4, 0.5) is 17.2 Å². The van der Waals surface area contributed by atoms with Crippen LogP contribution in [-0.4, -0.2) is 51.1 Å². The topological polar surface area (TPSA) is 128 Å². The zero-order valence-corrected chi connectivity index (χ0v) is 23.6. The van der Waals surface area contributed by atoms with Crippen LogP contribution < -0.4 is 21.3 Å². The Morgan fingerprint density at radius 1 is 1.11 bits per heavy atom. The predicted octanol–water partition coefficient (Wildman–Crippen LogP) is 5.07. The molecule has 37 heavy (non-hydrogen) atoms. The highest BCUT2D eigenvalue weighted by Crippen LogP contribution is 2.26. The van der Waals surface area contributed by atoms with Gasteiger partial charge in [-0.05, 0) is 59.2 Å². The third kappa shape index (κ3) is 9.97. The van der Waals surface area contributed by atoms with Gasteiger partial charge >= 0.3 is 0 Å². The normalized spacial score (nSPS) is 11.9. The molecule has 3 aromatic rings. The van der Waals surface area contributed by atoms with Gasteiger partial charge in [0.1, 0.15) is 5.82 Å². The number of thiazole rings is 1. The molecule has 0 bridgehead atoms. The Hall–Kier alpha value is -3.24. The molecule has 2 heterocycles. The second kappa shape index (κ2) is 13.9. The summed E-state index contributed by atoms with van der Waals surface area (Å²) in [5.41, 5.74) is 3.73. The van der Waals surface area contributed by atoms with Crippen molar-refractivity contribution in [2.24, 2.45) is 0 Å². The van der Waals surface area contributed by atoms with Crippen molar-refractivity contribution in [2.45, 2.75) is 79.0 Å². The van der Waals surface area contributed by atoms with Crippen molar-refractivity contribution in [2.75, 3.05) is 17.2 Å². The predicted molar refractivity (Wildman–Crippen MR) is 153 cm³/mol. The van der Waals surface area contributed by atoms with Gasteiger partial charge in [-0.3, -0.25) is 9.59 Å². The summed E-state index contributed by atoms with van der Waals surface area (Å²) < 4.78 is 1.08. The van der Waals surface area contributed by atoms with Gasteiger partial charge in [0.25, 0.3) is 5.91 Å². The number of fused-ring (bicyclic) bond motifs is 1. The summed E-state index contributed by atoms with van der Waals surface area (Å²) in [5.74, 6) is 0.159. The molecule has 202 valence electrons. The molecule has 0 radical (unpaired) electrons. The summed E-state index contributed by atoms with van der Waals surface area (Å²) in [6.07, 6.45) is 2.14. The third-order valence-electron chi connectivity index (χ3n) is 5.06. The van der Waals surface area contributed by atoms with Crippen LogP contribution in [0.25, 0.3) is 10.2 Å². The quantitative estimate of drug-likeness (QED) is 0.235. The van der Waals surface area contributed by atoms with E-state index in [-0.39, 0.29) is 30.3 Å². The molecule has 0 aliphatic rings. The van der Waals surface area contributed by atoms with E-state index in [9.17, 15) is 14.7 Å². The molecule has 0 spiro atoms. The van der Waals surface area contributed by atoms with Crippen LogP contribution in [-0.2, 0) is 4.79 Å². The summed E-state index contributed by atoms with van der Waals surface area (Å²) in [4.78, 5) is 33.6. The lowest BCUT2D eigenvalue weighted by atomic mass is 10.0. The van der Waals surface area contributed by atoms with E-state index in [0.717, 1.165) is 15.9 Å². The lowest BCUT2D eigenvalue weighted by Gasteiger charge is -2.20. The highest BCUT2D eigenvalue weighted by molar-refractivity contribution is 7.16. The number of carbonyl (C=O) groups is 2. The number of hydrogen-bond acceptors (Lipinski definition) is 8. The van der Waals surface area contributed by atoms with E-state index in [1.807, 2.05) is 64.4 Å². The standard InChI is InChI=1S/C25H34N6O3S.C2H6/c1-15(2)29-20-11-22(31-17-6-7-19-21(10-17)35-14-28-19)27-13-18(20)24(33)26-9-8-16(3)30-23(32)12-25(4,5)34;1-2/h6-7,10-11,13-16,34H,8-9,12H2,1-5H3,(H,26,33)(H,30,32)(H2,27,29,31);1-2H3. The smallest absolute Gasteiger partial charge is 0.254 e. The molecule has 0 fully saturated rings. The minimum absolute atomic E-state index is 0.0258. The Labute approximate surface area is 223 Å². The molecule has 2 amide bonds. The van der Waals surface area contributed by atoms with Crippen molar-refractivity contribution in [3.05, 3.63) is 41.5 Å². The number of rotatable bonds is 11. The van der Waals surface area contributed by atoms with E-state index in [0.29, 0.717) is 30.0 Å². The number of anilines is 3. The summed E-state index contributed by atoms with van der Waals surface area (Å²) in [5, 5.41) is 22.1. The van der Waals surface area contributed by atoms with Crippen molar-refractivity contribution in [1.82, 2.24) is 20.6 Å². The number of amides is 2. The molecule has 5 N–H and O–H groups in total. The van der Waals surface area contributed by atoms with Crippen LogP contribution in [0.3, 0.4) is 0 Å². The molecule has 0 aliphatic heterocycles. The van der Waals surface area contributed by atoms with Crippen LogP contribution in [0.5, 0.6) is 0 Å². The molecule has 2 aromatic heterocycles. The van der Waals surface area contributed by atoms with Crippen LogP contribution in [0.15, 0.2) is 36.0 Å². The SMILES string of the molecule is CC.CC(C)Nc1cc(Nc2ccc3ncsc3c2)ncc1C(=O)NCCC(C)NC(=O)CC(C)(C)O. The Morgan fingerprint density at radius 2 is 1.84 bits per heavy atom. The monoisotopic (exact) mass is 528 g/mol. The van der Waals surface area contributed by atoms with E-state index < -0.39 is 5.60 Å².